The van der Waals surface area contributed by atoms with E-state index in [1.54, 1.807) is 0 Å². The molecular formula is C16H29NO2. The summed E-state index contributed by atoms with van der Waals surface area (Å²) in [5.74, 6) is 0. The van der Waals surface area contributed by atoms with Crippen molar-refractivity contribution in [1.82, 2.24) is 5.32 Å². The van der Waals surface area contributed by atoms with Gasteiger partial charge in [-0.15, -0.1) is 0 Å². The van der Waals surface area contributed by atoms with Crippen molar-refractivity contribution in [2.75, 3.05) is 6.61 Å². The molecule has 0 radical (unpaired) electrons. The Balaban J connectivity index is 1.63. The molecule has 2 N–H and O–H groups in total. The second kappa shape index (κ2) is 4.71. The first-order chi connectivity index (χ1) is 9.00. The summed E-state index contributed by atoms with van der Waals surface area (Å²) in [5, 5.41) is 13.7. The van der Waals surface area contributed by atoms with Gasteiger partial charge in [0.05, 0.1) is 12.2 Å². The molecule has 0 bridgehead atoms. The fraction of sp³-hybridized carbons (Fsp3) is 1.00. The van der Waals surface area contributed by atoms with E-state index < -0.39 is 0 Å². The van der Waals surface area contributed by atoms with E-state index in [4.69, 9.17) is 4.74 Å². The summed E-state index contributed by atoms with van der Waals surface area (Å²) in [6, 6.07) is 1.09. The number of hydrogen-bond acceptors (Lipinski definition) is 3. The molecule has 3 heteroatoms. The highest BCUT2D eigenvalue weighted by atomic mass is 16.5. The van der Waals surface area contributed by atoms with Crippen LogP contribution < -0.4 is 5.32 Å². The van der Waals surface area contributed by atoms with Crippen LogP contribution in [0.3, 0.4) is 0 Å². The van der Waals surface area contributed by atoms with E-state index in [9.17, 15) is 5.11 Å². The molecular weight excluding hydrogens is 238 g/mol. The van der Waals surface area contributed by atoms with Gasteiger partial charge in [0, 0.05) is 29.5 Å². The third-order valence-corrected chi connectivity index (χ3v) is 6.31. The standard InChI is InChI=1S/C16H29NO2/c1-4-19-14-10-12(16(14)7-5-6-8-16)17-11-9-13(18)15(11,2)3/h11-14,17-18H,4-10H2,1-3H3. The van der Waals surface area contributed by atoms with E-state index in [0.717, 1.165) is 19.4 Å². The molecule has 4 atom stereocenters. The fourth-order valence-electron chi connectivity index (χ4n) is 4.55. The first kappa shape index (κ1) is 13.8. The summed E-state index contributed by atoms with van der Waals surface area (Å²) < 4.78 is 5.96. The summed E-state index contributed by atoms with van der Waals surface area (Å²) in [5.41, 5.74) is 0.448. The van der Waals surface area contributed by atoms with Crippen LogP contribution in [0.4, 0.5) is 0 Å². The van der Waals surface area contributed by atoms with Gasteiger partial charge in [0.15, 0.2) is 0 Å². The van der Waals surface area contributed by atoms with Crippen molar-refractivity contribution in [3.63, 3.8) is 0 Å². The zero-order valence-electron chi connectivity index (χ0n) is 12.6. The van der Waals surface area contributed by atoms with Crippen LogP contribution in [0.25, 0.3) is 0 Å². The van der Waals surface area contributed by atoms with E-state index in [2.05, 4.69) is 26.1 Å². The van der Waals surface area contributed by atoms with Gasteiger partial charge >= 0.3 is 0 Å². The van der Waals surface area contributed by atoms with Gasteiger partial charge < -0.3 is 15.2 Å². The number of aliphatic hydroxyl groups excluding tert-OH is 1. The molecule has 0 aliphatic heterocycles. The van der Waals surface area contributed by atoms with Crippen LogP contribution in [-0.4, -0.2) is 36.0 Å². The minimum Gasteiger partial charge on any atom is -0.392 e. The normalized spacial score (nSPS) is 42.9. The van der Waals surface area contributed by atoms with Gasteiger partial charge in [0.2, 0.25) is 0 Å². The Hall–Kier alpha value is -0.120. The zero-order valence-corrected chi connectivity index (χ0v) is 12.6. The molecule has 3 fully saturated rings. The minimum atomic E-state index is -0.132. The van der Waals surface area contributed by atoms with Crippen molar-refractivity contribution in [1.29, 1.82) is 0 Å². The lowest BCUT2D eigenvalue weighted by Crippen LogP contribution is -2.70. The lowest BCUT2D eigenvalue weighted by molar-refractivity contribution is -0.151. The molecule has 3 nitrogen and oxygen atoms in total. The average Bonchev–Trinajstić information content (AvgIpc) is 2.88. The van der Waals surface area contributed by atoms with Gasteiger partial charge in [0.25, 0.3) is 0 Å². The molecule has 3 aliphatic carbocycles. The Bertz CT molecular complexity index is 336. The molecule has 4 unspecified atom stereocenters. The summed E-state index contributed by atoms with van der Waals surface area (Å²) >= 11 is 0. The van der Waals surface area contributed by atoms with E-state index in [0.29, 0.717) is 23.6 Å². The van der Waals surface area contributed by atoms with Gasteiger partial charge in [0.1, 0.15) is 0 Å². The predicted octanol–water partition coefficient (Wildman–Crippen LogP) is 2.47. The van der Waals surface area contributed by atoms with Crippen molar-refractivity contribution in [2.45, 2.75) is 83.6 Å². The lowest BCUT2D eigenvalue weighted by Gasteiger charge is -2.59. The van der Waals surface area contributed by atoms with Gasteiger partial charge in [-0.2, -0.15) is 0 Å². The first-order valence-corrected chi connectivity index (χ1v) is 8.06. The summed E-state index contributed by atoms with van der Waals surface area (Å²) in [4.78, 5) is 0. The van der Waals surface area contributed by atoms with Crippen molar-refractivity contribution in [3.8, 4) is 0 Å². The second-order valence-corrected chi connectivity index (χ2v) is 7.46. The van der Waals surface area contributed by atoms with Crippen molar-refractivity contribution in [3.05, 3.63) is 0 Å². The third-order valence-electron chi connectivity index (χ3n) is 6.31. The van der Waals surface area contributed by atoms with Crippen LogP contribution >= 0.6 is 0 Å². The maximum absolute atomic E-state index is 9.88. The SMILES string of the molecule is CCOC1CC(NC2CC(O)C2(C)C)C12CCCC2. The number of aliphatic hydroxyl groups is 1. The fourth-order valence-corrected chi connectivity index (χ4v) is 4.55. The van der Waals surface area contributed by atoms with Gasteiger partial charge in [-0.25, -0.2) is 0 Å². The van der Waals surface area contributed by atoms with Crippen molar-refractivity contribution >= 4 is 0 Å². The smallest absolute Gasteiger partial charge is 0.0661 e. The number of nitrogens with one attached hydrogen (secondary N) is 1. The largest absolute Gasteiger partial charge is 0.392 e. The van der Waals surface area contributed by atoms with E-state index in [1.807, 2.05) is 0 Å². The van der Waals surface area contributed by atoms with Gasteiger partial charge in [-0.3, -0.25) is 0 Å². The first-order valence-electron chi connectivity index (χ1n) is 8.06. The second-order valence-electron chi connectivity index (χ2n) is 7.46. The molecule has 0 aromatic heterocycles. The summed E-state index contributed by atoms with van der Waals surface area (Å²) in [7, 11) is 0. The molecule has 0 aromatic carbocycles. The monoisotopic (exact) mass is 267 g/mol. The van der Waals surface area contributed by atoms with Crippen molar-refractivity contribution < 1.29 is 9.84 Å². The highest BCUT2D eigenvalue weighted by molar-refractivity contribution is 5.13. The average molecular weight is 267 g/mol. The van der Waals surface area contributed by atoms with Crippen LogP contribution in [0.5, 0.6) is 0 Å². The third kappa shape index (κ3) is 1.97. The number of rotatable bonds is 4. The Morgan fingerprint density at radius 3 is 2.37 bits per heavy atom. The van der Waals surface area contributed by atoms with E-state index in [1.165, 1.54) is 25.7 Å². The highest BCUT2D eigenvalue weighted by Crippen LogP contribution is 2.56. The molecule has 1 spiro atoms. The highest BCUT2D eigenvalue weighted by Gasteiger charge is 2.59. The summed E-state index contributed by atoms with van der Waals surface area (Å²) in [6.45, 7) is 7.30. The Morgan fingerprint density at radius 1 is 1.16 bits per heavy atom. The van der Waals surface area contributed by atoms with Crippen LogP contribution in [-0.2, 0) is 4.74 Å². The Kier molecular flexibility index (Phi) is 3.43. The molecule has 0 heterocycles. The minimum absolute atomic E-state index is 0.0382. The molecule has 19 heavy (non-hydrogen) atoms. The molecule has 0 saturated heterocycles. The van der Waals surface area contributed by atoms with E-state index >= 15 is 0 Å². The van der Waals surface area contributed by atoms with Gasteiger partial charge in [-0.05, 0) is 32.6 Å². The number of hydrogen-bond donors (Lipinski definition) is 2. The van der Waals surface area contributed by atoms with Crippen molar-refractivity contribution in [2.24, 2.45) is 10.8 Å². The molecule has 0 aromatic rings. The molecule has 3 rings (SSSR count). The van der Waals surface area contributed by atoms with Crippen LogP contribution in [0.15, 0.2) is 0 Å². The predicted molar refractivity (Wildman–Crippen MR) is 76.0 cm³/mol. The van der Waals surface area contributed by atoms with Crippen LogP contribution in [0.1, 0.15) is 59.3 Å². The Labute approximate surface area is 117 Å². The molecule has 3 aliphatic rings. The number of ether oxygens (including phenoxy) is 1. The quantitative estimate of drug-likeness (QED) is 0.822. The van der Waals surface area contributed by atoms with E-state index in [-0.39, 0.29) is 11.5 Å². The maximum Gasteiger partial charge on any atom is 0.0661 e. The molecule has 0 amide bonds. The van der Waals surface area contributed by atoms with Crippen LogP contribution in [0.2, 0.25) is 0 Å². The van der Waals surface area contributed by atoms with Gasteiger partial charge in [-0.1, -0.05) is 26.7 Å². The maximum atomic E-state index is 9.88. The zero-order chi connectivity index (χ0) is 13.7. The Morgan fingerprint density at radius 2 is 1.84 bits per heavy atom. The van der Waals surface area contributed by atoms with Crippen LogP contribution in [0, 0.1) is 10.8 Å². The topological polar surface area (TPSA) is 41.5 Å². The lowest BCUT2D eigenvalue weighted by atomic mass is 9.58. The summed E-state index contributed by atoms with van der Waals surface area (Å²) in [6.07, 6.45) is 7.79. The molecule has 110 valence electrons. The molecule has 3 saturated carbocycles.